The molecule has 0 atom stereocenters. The summed E-state index contributed by atoms with van der Waals surface area (Å²) < 4.78 is 4.93. The van der Waals surface area contributed by atoms with E-state index < -0.39 is 11.9 Å². The highest BCUT2D eigenvalue weighted by molar-refractivity contribution is 5.94. The number of carbonyl (C=O) groups is 3. The minimum Gasteiger partial charge on any atom is -0.456 e. The van der Waals surface area contributed by atoms with Gasteiger partial charge in [0.05, 0.1) is 6.42 Å². The number of ether oxygens (including phenoxy) is 1. The van der Waals surface area contributed by atoms with Crippen molar-refractivity contribution in [3.05, 3.63) is 59.2 Å². The Morgan fingerprint density at radius 1 is 0.852 bits per heavy atom. The predicted octanol–water partition coefficient (Wildman–Crippen LogP) is 3.51. The molecule has 2 N–H and O–H groups in total. The van der Waals surface area contributed by atoms with Crippen LogP contribution in [0.2, 0.25) is 0 Å². The van der Waals surface area contributed by atoms with E-state index in [-0.39, 0.29) is 25.4 Å². The fourth-order valence-electron chi connectivity index (χ4n) is 2.44. The third kappa shape index (κ3) is 6.93. The normalized spacial score (nSPS) is 10.2. The summed E-state index contributed by atoms with van der Waals surface area (Å²) >= 11 is 0. The van der Waals surface area contributed by atoms with Crippen molar-refractivity contribution in [1.82, 2.24) is 0 Å². The molecule has 0 bridgehead atoms. The fourth-order valence-corrected chi connectivity index (χ4v) is 2.44. The van der Waals surface area contributed by atoms with E-state index >= 15 is 0 Å². The van der Waals surface area contributed by atoms with Gasteiger partial charge in [-0.05, 0) is 55.7 Å². The molecule has 0 fully saturated rings. The van der Waals surface area contributed by atoms with Crippen LogP contribution in [0.5, 0.6) is 0 Å². The number of hydrogen-bond donors (Lipinski definition) is 2. The lowest BCUT2D eigenvalue weighted by atomic mass is 10.1. The SMILES string of the molecule is Cc1cccc(NC(=O)CCC(=O)OCC(=O)Nc2cc(C)ccc2C)c1. The second kappa shape index (κ2) is 9.52. The standard InChI is InChI=1S/C21H24N2O4/c1-14-5-4-6-17(11-14)22-19(24)9-10-21(26)27-13-20(25)23-18-12-15(2)7-8-16(18)3/h4-8,11-12H,9-10,13H2,1-3H3,(H,22,24)(H,23,25). The molecule has 0 unspecified atom stereocenters. The van der Waals surface area contributed by atoms with Crippen LogP contribution in [0.15, 0.2) is 42.5 Å². The zero-order valence-electron chi connectivity index (χ0n) is 15.8. The van der Waals surface area contributed by atoms with Crippen LogP contribution < -0.4 is 10.6 Å². The summed E-state index contributed by atoms with van der Waals surface area (Å²) in [5, 5.41) is 5.43. The molecule has 27 heavy (non-hydrogen) atoms. The van der Waals surface area contributed by atoms with Gasteiger partial charge in [0.2, 0.25) is 5.91 Å². The average molecular weight is 368 g/mol. The molecule has 0 aliphatic carbocycles. The minimum atomic E-state index is -0.592. The topological polar surface area (TPSA) is 84.5 Å². The zero-order valence-corrected chi connectivity index (χ0v) is 15.8. The number of amides is 2. The van der Waals surface area contributed by atoms with E-state index in [0.29, 0.717) is 11.4 Å². The largest absolute Gasteiger partial charge is 0.456 e. The number of carbonyl (C=O) groups excluding carboxylic acids is 3. The maximum Gasteiger partial charge on any atom is 0.306 e. The van der Waals surface area contributed by atoms with Crippen LogP contribution in [0.25, 0.3) is 0 Å². The molecule has 2 amide bonds. The minimum absolute atomic E-state index is 0.00855. The number of anilines is 2. The van der Waals surface area contributed by atoms with Gasteiger partial charge in [0.25, 0.3) is 5.91 Å². The molecule has 6 nitrogen and oxygen atoms in total. The van der Waals surface area contributed by atoms with Gasteiger partial charge in [-0.25, -0.2) is 0 Å². The summed E-state index contributed by atoms with van der Waals surface area (Å²) in [5.74, 6) is -1.29. The third-order valence-corrected chi connectivity index (χ3v) is 3.89. The van der Waals surface area contributed by atoms with Crippen LogP contribution in [0, 0.1) is 20.8 Å². The maximum absolute atomic E-state index is 11.9. The second-order valence-electron chi connectivity index (χ2n) is 6.44. The Bertz CT molecular complexity index is 846. The fraction of sp³-hybridized carbons (Fsp3) is 0.286. The van der Waals surface area contributed by atoms with Gasteiger partial charge in [0, 0.05) is 17.8 Å². The predicted molar refractivity (Wildman–Crippen MR) is 105 cm³/mol. The molecule has 0 spiro atoms. The van der Waals surface area contributed by atoms with Crippen molar-refractivity contribution in [1.29, 1.82) is 0 Å². The number of aryl methyl sites for hydroxylation is 3. The molecular formula is C21H24N2O4. The number of hydrogen-bond acceptors (Lipinski definition) is 4. The highest BCUT2D eigenvalue weighted by Crippen LogP contribution is 2.16. The van der Waals surface area contributed by atoms with Crippen molar-refractivity contribution in [2.24, 2.45) is 0 Å². The van der Waals surface area contributed by atoms with Crippen LogP contribution in [0.3, 0.4) is 0 Å². The molecule has 2 aromatic carbocycles. The third-order valence-electron chi connectivity index (χ3n) is 3.89. The van der Waals surface area contributed by atoms with Crippen LogP contribution in [0.1, 0.15) is 29.5 Å². The molecular weight excluding hydrogens is 344 g/mol. The van der Waals surface area contributed by atoms with E-state index in [0.717, 1.165) is 16.7 Å². The lowest BCUT2D eigenvalue weighted by Gasteiger charge is -2.10. The average Bonchev–Trinajstić information content (AvgIpc) is 2.61. The van der Waals surface area contributed by atoms with Crippen LogP contribution >= 0.6 is 0 Å². The molecule has 6 heteroatoms. The Labute approximate surface area is 158 Å². The highest BCUT2D eigenvalue weighted by Gasteiger charge is 2.11. The summed E-state index contributed by atoms with van der Waals surface area (Å²) in [4.78, 5) is 35.6. The molecule has 0 aliphatic rings. The molecule has 2 aromatic rings. The van der Waals surface area contributed by atoms with Gasteiger partial charge in [-0.15, -0.1) is 0 Å². The van der Waals surface area contributed by atoms with Crippen molar-refractivity contribution in [2.45, 2.75) is 33.6 Å². The van der Waals surface area contributed by atoms with Gasteiger partial charge in [-0.2, -0.15) is 0 Å². The molecule has 0 saturated carbocycles. The first-order valence-corrected chi connectivity index (χ1v) is 8.73. The first kappa shape index (κ1) is 20.2. The monoisotopic (exact) mass is 368 g/mol. The first-order chi connectivity index (χ1) is 12.8. The highest BCUT2D eigenvalue weighted by atomic mass is 16.5. The molecule has 0 saturated heterocycles. The Morgan fingerprint density at radius 3 is 2.33 bits per heavy atom. The Morgan fingerprint density at radius 2 is 1.59 bits per heavy atom. The van der Waals surface area contributed by atoms with Gasteiger partial charge in [-0.1, -0.05) is 24.3 Å². The molecule has 2 rings (SSSR count). The van der Waals surface area contributed by atoms with Crippen molar-refractivity contribution in [3.63, 3.8) is 0 Å². The summed E-state index contributed by atoms with van der Waals surface area (Å²) in [6, 6.07) is 13.1. The molecule has 0 aromatic heterocycles. The van der Waals surface area contributed by atoms with E-state index in [1.54, 1.807) is 6.07 Å². The molecule has 142 valence electrons. The summed E-state index contributed by atoms with van der Waals surface area (Å²) in [7, 11) is 0. The van der Waals surface area contributed by atoms with E-state index in [9.17, 15) is 14.4 Å². The lowest BCUT2D eigenvalue weighted by Crippen LogP contribution is -2.22. The lowest BCUT2D eigenvalue weighted by molar-refractivity contribution is -0.147. The Kier molecular flexibility index (Phi) is 7.11. The van der Waals surface area contributed by atoms with Crippen molar-refractivity contribution in [2.75, 3.05) is 17.2 Å². The van der Waals surface area contributed by atoms with Crippen molar-refractivity contribution < 1.29 is 19.1 Å². The number of benzene rings is 2. The smallest absolute Gasteiger partial charge is 0.306 e. The zero-order chi connectivity index (χ0) is 19.8. The Balaban J connectivity index is 1.71. The van der Waals surface area contributed by atoms with Crippen LogP contribution in [-0.4, -0.2) is 24.4 Å². The summed E-state index contributed by atoms with van der Waals surface area (Å²) in [5.41, 5.74) is 4.34. The molecule has 0 aliphatic heterocycles. The quantitative estimate of drug-likeness (QED) is 0.733. The van der Waals surface area contributed by atoms with E-state index in [1.807, 2.05) is 57.2 Å². The maximum atomic E-state index is 11.9. The van der Waals surface area contributed by atoms with Gasteiger partial charge >= 0.3 is 5.97 Å². The van der Waals surface area contributed by atoms with Crippen LogP contribution in [0.4, 0.5) is 11.4 Å². The van der Waals surface area contributed by atoms with E-state index in [1.165, 1.54) is 0 Å². The van der Waals surface area contributed by atoms with Crippen molar-refractivity contribution in [3.8, 4) is 0 Å². The molecule has 0 radical (unpaired) electrons. The number of esters is 1. The van der Waals surface area contributed by atoms with Gasteiger partial charge in [0.1, 0.15) is 0 Å². The molecule has 0 heterocycles. The second-order valence-corrected chi connectivity index (χ2v) is 6.44. The Hall–Kier alpha value is -3.15. The summed E-state index contributed by atoms with van der Waals surface area (Å²) in [6.45, 7) is 5.35. The number of rotatable bonds is 7. The van der Waals surface area contributed by atoms with Crippen molar-refractivity contribution >= 4 is 29.2 Å². The van der Waals surface area contributed by atoms with E-state index in [2.05, 4.69) is 10.6 Å². The van der Waals surface area contributed by atoms with Gasteiger partial charge < -0.3 is 15.4 Å². The van der Waals surface area contributed by atoms with Gasteiger partial charge in [-0.3, -0.25) is 14.4 Å². The van der Waals surface area contributed by atoms with Crippen LogP contribution in [-0.2, 0) is 19.1 Å². The van der Waals surface area contributed by atoms with E-state index in [4.69, 9.17) is 4.74 Å². The number of nitrogens with one attached hydrogen (secondary N) is 2. The van der Waals surface area contributed by atoms with Gasteiger partial charge in [0.15, 0.2) is 6.61 Å². The summed E-state index contributed by atoms with van der Waals surface area (Å²) in [6.07, 6.45) is -0.0974. The first-order valence-electron chi connectivity index (χ1n) is 8.73.